The zero-order chi connectivity index (χ0) is 16.5. The van der Waals surface area contributed by atoms with Crippen LogP contribution in [0.4, 0.5) is 0 Å². The van der Waals surface area contributed by atoms with E-state index in [-0.39, 0.29) is 5.56 Å². The first kappa shape index (κ1) is 15.1. The van der Waals surface area contributed by atoms with Crippen LogP contribution >= 0.6 is 0 Å². The fourth-order valence-electron chi connectivity index (χ4n) is 3.49. The van der Waals surface area contributed by atoms with E-state index in [1.54, 1.807) is 0 Å². The molecule has 0 amide bonds. The molecule has 2 aromatic heterocycles. The lowest BCUT2D eigenvalue weighted by Gasteiger charge is -2.23. The van der Waals surface area contributed by atoms with Gasteiger partial charge in [0.15, 0.2) is 0 Å². The Morgan fingerprint density at radius 3 is 3.04 bits per heavy atom. The molecular formula is C18H21N5O. The molecule has 1 N–H and O–H groups in total. The molecule has 1 aliphatic rings. The number of aryl methyl sites for hydroxylation is 1. The number of rotatable bonds is 4. The molecule has 0 unspecified atom stereocenters. The van der Waals surface area contributed by atoms with Crippen LogP contribution in [0, 0.1) is 6.92 Å². The van der Waals surface area contributed by atoms with Gasteiger partial charge in [-0.3, -0.25) is 14.4 Å². The highest BCUT2D eigenvalue weighted by Crippen LogP contribution is 2.20. The van der Waals surface area contributed by atoms with Gasteiger partial charge in [0, 0.05) is 12.2 Å². The third-order valence-corrected chi connectivity index (χ3v) is 4.67. The Kier molecular flexibility index (Phi) is 3.90. The third-order valence-electron chi connectivity index (χ3n) is 4.67. The van der Waals surface area contributed by atoms with Crippen molar-refractivity contribution in [2.45, 2.75) is 38.9 Å². The van der Waals surface area contributed by atoms with Gasteiger partial charge in [-0.15, -0.1) is 0 Å². The van der Waals surface area contributed by atoms with Gasteiger partial charge in [0.05, 0.1) is 30.2 Å². The molecule has 3 heterocycles. The second kappa shape index (κ2) is 6.20. The van der Waals surface area contributed by atoms with Crippen LogP contribution < -0.4 is 5.56 Å². The van der Waals surface area contributed by atoms with Gasteiger partial charge >= 0.3 is 0 Å². The van der Waals surface area contributed by atoms with E-state index in [2.05, 4.69) is 33.1 Å². The van der Waals surface area contributed by atoms with E-state index in [1.165, 1.54) is 12.0 Å². The maximum Gasteiger partial charge on any atom is 0.258 e. The van der Waals surface area contributed by atoms with Crippen LogP contribution in [0.1, 0.15) is 24.2 Å². The van der Waals surface area contributed by atoms with Crippen LogP contribution in [-0.2, 0) is 13.1 Å². The molecule has 1 fully saturated rings. The molecule has 3 aromatic rings. The van der Waals surface area contributed by atoms with Crippen LogP contribution in [0.15, 0.2) is 41.5 Å². The number of para-hydroxylation sites is 1. The van der Waals surface area contributed by atoms with Crippen molar-refractivity contribution < 1.29 is 0 Å². The Labute approximate surface area is 140 Å². The van der Waals surface area contributed by atoms with Crippen molar-refractivity contribution in [1.82, 2.24) is 24.6 Å². The van der Waals surface area contributed by atoms with Crippen LogP contribution in [0.2, 0.25) is 0 Å². The highest BCUT2D eigenvalue weighted by molar-refractivity contribution is 5.77. The number of benzene rings is 1. The van der Waals surface area contributed by atoms with E-state index in [0.29, 0.717) is 18.0 Å². The van der Waals surface area contributed by atoms with Crippen molar-refractivity contribution in [3.05, 3.63) is 58.4 Å². The summed E-state index contributed by atoms with van der Waals surface area (Å²) in [7, 11) is 0. The average molecular weight is 323 g/mol. The van der Waals surface area contributed by atoms with Crippen LogP contribution in [0.25, 0.3) is 10.9 Å². The van der Waals surface area contributed by atoms with Gasteiger partial charge in [-0.1, -0.05) is 12.1 Å². The van der Waals surface area contributed by atoms with Crippen molar-refractivity contribution in [3.63, 3.8) is 0 Å². The second-order valence-electron chi connectivity index (χ2n) is 6.54. The van der Waals surface area contributed by atoms with Gasteiger partial charge in [0.1, 0.15) is 5.82 Å². The highest BCUT2D eigenvalue weighted by atomic mass is 16.1. The summed E-state index contributed by atoms with van der Waals surface area (Å²) >= 11 is 0. The number of hydrogen-bond acceptors (Lipinski definition) is 4. The number of likely N-dealkylation sites (tertiary alicyclic amines) is 1. The van der Waals surface area contributed by atoms with Gasteiger partial charge in [0.25, 0.3) is 5.56 Å². The lowest BCUT2D eigenvalue weighted by Crippen LogP contribution is -2.33. The average Bonchev–Trinajstić information content (AvgIpc) is 3.17. The normalized spacial score (nSPS) is 18.5. The molecule has 0 bridgehead atoms. The van der Waals surface area contributed by atoms with Gasteiger partial charge in [-0.05, 0) is 44.0 Å². The van der Waals surface area contributed by atoms with Gasteiger partial charge < -0.3 is 4.98 Å². The fraction of sp³-hybridized carbons (Fsp3) is 0.389. The number of fused-ring (bicyclic) bond motifs is 1. The molecule has 124 valence electrons. The minimum Gasteiger partial charge on any atom is -0.309 e. The smallest absolute Gasteiger partial charge is 0.258 e. The summed E-state index contributed by atoms with van der Waals surface area (Å²) in [5, 5.41) is 5.04. The summed E-state index contributed by atoms with van der Waals surface area (Å²) in [6.45, 7) is 4.64. The van der Waals surface area contributed by atoms with Crippen molar-refractivity contribution >= 4 is 10.9 Å². The quantitative estimate of drug-likeness (QED) is 0.798. The standard InChI is InChI=1S/C18H21N5O/c1-13-9-19-23(10-13)11-14-5-4-8-22(14)12-17-20-16-7-3-2-6-15(16)18(24)21-17/h2-3,6-7,9-10,14H,4-5,8,11-12H2,1H3,(H,20,21,24)/t14-/m1/s1. The Morgan fingerprint density at radius 2 is 2.21 bits per heavy atom. The van der Waals surface area contributed by atoms with Crippen molar-refractivity contribution in [3.8, 4) is 0 Å². The molecule has 0 saturated carbocycles. The van der Waals surface area contributed by atoms with Crippen LogP contribution in [0.5, 0.6) is 0 Å². The Hall–Kier alpha value is -2.47. The molecule has 0 aliphatic carbocycles. The van der Waals surface area contributed by atoms with E-state index < -0.39 is 0 Å². The Morgan fingerprint density at radius 1 is 1.33 bits per heavy atom. The first-order valence-corrected chi connectivity index (χ1v) is 8.40. The van der Waals surface area contributed by atoms with Gasteiger partial charge in [0.2, 0.25) is 0 Å². The SMILES string of the molecule is Cc1cnn(C[C@H]2CCCN2Cc2nc3ccccc3c(=O)[nH]2)c1. The molecule has 6 nitrogen and oxygen atoms in total. The number of aromatic amines is 1. The lowest BCUT2D eigenvalue weighted by atomic mass is 10.2. The summed E-state index contributed by atoms with van der Waals surface area (Å²) in [4.78, 5) is 22.2. The molecule has 0 spiro atoms. The maximum absolute atomic E-state index is 12.2. The zero-order valence-electron chi connectivity index (χ0n) is 13.8. The summed E-state index contributed by atoms with van der Waals surface area (Å²) < 4.78 is 2.01. The molecule has 1 aromatic carbocycles. The molecule has 24 heavy (non-hydrogen) atoms. The zero-order valence-corrected chi connectivity index (χ0v) is 13.8. The molecule has 0 radical (unpaired) electrons. The van der Waals surface area contributed by atoms with Crippen LogP contribution in [-0.4, -0.2) is 37.2 Å². The molecule has 1 aliphatic heterocycles. The molecule has 4 rings (SSSR count). The molecule has 1 saturated heterocycles. The summed E-state index contributed by atoms with van der Waals surface area (Å²) in [5.41, 5.74) is 1.88. The van der Waals surface area contributed by atoms with Crippen molar-refractivity contribution in [2.75, 3.05) is 6.54 Å². The van der Waals surface area contributed by atoms with Crippen molar-refractivity contribution in [2.24, 2.45) is 0 Å². The highest BCUT2D eigenvalue weighted by Gasteiger charge is 2.25. The molecule has 6 heteroatoms. The summed E-state index contributed by atoms with van der Waals surface area (Å²) in [5.74, 6) is 0.738. The Bertz CT molecular complexity index is 913. The second-order valence-corrected chi connectivity index (χ2v) is 6.54. The molecular weight excluding hydrogens is 302 g/mol. The summed E-state index contributed by atoms with van der Waals surface area (Å²) in [6, 6.07) is 7.91. The number of nitrogens with one attached hydrogen (secondary N) is 1. The number of hydrogen-bond donors (Lipinski definition) is 1. The minimum absolute atomic E-state index is 0.0611. The first-order valence-electron chi connectivity index (χ1n) is 8.40. The van der Waals surface area contributed by atoms with E-state index in [0.717, 1.165) is 30.9 Å². The summed E-state index contributed by atoms with van der Waals surface area (Å²) in [6.07, 6.45) is 6.29. The lowest BCUT2D eigenvalue weighted by molar-refractivity contribution is 0.214. The number of nitrogens with zero attached hydrogens (tertiary/aromatic N) is 4. The molecule has 1 atom stereocenters. The minimum atomic E-state index is -0.0611. The van der Waals surface area contributed by atoms with Crippen LogP contribution in [0.3, 0.4) is 0 Å². The third kappa shape index (κ3) is 2.97. The van der Waals surface area contributed by atoms with Gasteiger partial charge in [-0.2, -0.15) is 5.10 Å². The monoisotopic (exact) mass is 323 g/mol. The predicted molar refractivity (Wildman–Crippen MR) is 92.8 cm³/mol. The first-order chi connectivity index (χ1) is 11.7. The van der Waals surface area contributed by atoms with E-state index in [1.807, 2.05) is 35.1 Å². The topological polar surface area (TPSA) is 66.8 Å². The van der Waals surface area contributed by atoms with E-state index in [4.69, 9.17) is 0 Å². The van der Waals surface area contributed by atoms with Gasteiger partial charge in [-0.25, -0.2) is 4.98 Å². The maximum atomic E-state index is 12.2. The van der Waals surface area contributed by atoms with Crippen molar-refractivity contribution in [1.29, 1.82) is 0 Å². The van der Waals surface area contributed by atoms with E-state index in [9.17, 15) is 4.79 Å². The van der Waals surface area contributed by atoms with E-state index >= 15 is 0 Å². The Balaban J connectivity index is 1.54. The predicted octanol–water partition coefficient (Wildman–Crippen LogP) is 2.09. The number of H-pyrrole nitrogens is 1. The number of aromatic nitrogens is 4. The fourth-order valence-corrected chi connectivity index (χ4v) is 3.49. The largest absolute Gasteiger partial charge is 0.309 e.